The van der Waals surface area contributed by atoms with Gasteiger partial charge in [0.25, 0.3) is 0 Å². The summed E-state index contributed by atoms with van der Waals surface area (Å²) in [5, 5.41) is 6.95. The molecule has 17 heavy (non-hydrogen) atoms. The summed E-state index contributed by atoms with van der Waals surface area (Å²) in [5.41, 5.74) is 1.66. The molecule has 1 spiro atoms. The Kier molecular flexibility index (Phi) is 3.34. The minimum Gasteiger partial charge on any atom is -0.325 e. The first-order valence-corrected chi connectivity index (χ1v) is 5.92. The van der Waals surface area contributed by atoms with Crippen molar-refractivity contribution in [3.05, 3.63) is 28.8 Å². The van der Waals surface area contributed by atoms with Crippen LogP contribution in [0.25, 0.3) is 0 Å². The number of amides is 1. The molecular weight excluding hydrogens is 259 g/mol. The molecule has 2 aliphatic heterocycles. The lowest BCUT2D eigenvalue weighted by Crippen LogP contribution is -2.44. The van der Waals surface area contributed by atoms with Gasteiger partial charge in [-0.05, 0) is 49.7 Å². The van der Waals surface area contributed by atoms with E-state index in [1.54, 1.807) is 0 Å². The molecule has 2 heterocycles. The second kappa shape index (κ2) is 4.48. The van der Waals surface area contributed by atoms with Crippen molar-refractivity contribution in [1.29, 1.82) is 0 Å². The van der Waals surface area contributed by atoms with Crippen LogP contribution in [0, 0.1) is 0 Å². The fraction of sp³-hybridized carbons (Fsp3) is 0.417. The van der Waals surface area contributed by atoms with Gasteiger partial charge in [0.05, 0.1) is 5.41 Å². The molecule has 92 valence electrons. The van der Waals surface area contributed by atoms with E-state index in [2.05, 4.69) is 10.6 Å². The maximum Gasteiger partial charge on any atom is 0.235 e. The number of nitrogens with one attached hydrogen (secondary N) is 2. The third-order valence-electron chi connectivity index (χ3n) is 3.64. The summed E-state index contributed by atoms with van der Waals surface area (Å²) in [7, 11) is 0. The van der Waals surface area contributed by atoms with Gasteiger partial charge in [0.15, 0.2) is 0 Å². The summed E-state index contributed by atoms with van der Waals surface area (Å²) in [6.45, 7) is 1.78. The number of hydrogen-bond donors (Lipinski definition) is 2. The van der Waals surface area contributed by atoms with Crippen LogP contribution in [0.3, 0.4) is 0 Å². The number of carbonyl (C=O) groups is 1. The van der Waals surface area contributed by atoms with Crippen LogP contribution in [0.5, 0.6) is 0 Å². The maximum absolute atomic E-state index is 12.1. The van der Waals surface area contributed by atoms with Gasteiger partial charge in [0.2, 0.25) is 5.91 Å². The molecule has 1 fully saturated rings. The molecule has 0 saturated carbocycles. The van der Waals surface area contributed by atoms with Crippen molar-refractivity contribution in [3.63, 3.8) is 0 Å². The summed E-state index contributed by atoms with van der Waals surface area (Å²) in [6.07, 6.45) is 1.71. The molecule has 3 nitrogen and oxygen atoms in total. The predicted molar refractivity (Wildman–Crippen MR) is 71.1 cm³/mol. The molecular formula is C12H14Cl2N2O. The maximum atomic E-state index is 12.1. The number of anilines is 1. The van der Waals surface area contributed by atoms with E-state index in [-0.39, 0.29) is 23.7 Å². The highest BCUT2D eigenvalue weighted by molar-refractivity contribution is 6.31. The van der Waals surface area contributed by atoms with Crippen molar-refractivity contribution in [2.24, 2.45) is 0 Å². The lowest BCUT2D eigenvalue weighted by Gasteiger charge is -2.32. The third-order valence-corrected chi connectivity index (χ3v) is 3.87. The van der Waals surface area contributed by atoms with E-state index in [9.17, 15) is 4.79 Å². The molecule has 0 aromatic heterocycles. The second-order valence-corrected chi connectivity index (χ2v) is 4.91. The molecule has 2 aliphatic rings. The third kappa shape index (κ3) is 1.82. The lowest BCUT2D eigenvalue weighted by molar-refractivity contribution is -0.121. The first kappa shape index (κ1) is 12.7. The SMILES string of the molecule is Cl.O=C1Nc2ccc(Cl)cc2C12CCNCC2. The average molecular weight is 273 g/mol. The van der Waals surface area contributed by atoms with Crippen LogP contribution in [0.15, 0.2) is 18.2 Å². The Bertz CT molecular complexity index is 456. The van der Waals surface area contributed by atoms with Gasteiger partial charge < -0.3 is 10.6 Å². The highest BCUT2D eigenvalue weighted by Gasteiger charge is 2.47. The summed E-state index contributed by atoms with van der Waals surface area (Å²) >= 11 is 6.02. The summed E-state index contributed by atoms with van der Waals surface area (Å²) in [6, 6.07) is 5.65. The smallest absolute Gasteiger partial charge is 0.235 e. The molecule has 2 N–H and O–H groups in total. The van der Waals surface area contributed by atoms with Crippen LogP contribution in [-0.4, -0.2) is 19.0 Å². The Morgan fingerprint density at radius 1 is 1.24 bits per heavy atom. The summed E-state index contributed by atoms with van der Waals surface area (Å²) < 4.78 is 0. The molecule has 3 rings (SSSR count). The van der Waals surface area contributed by atoms with Gasteiger partial charge in [-0.25, -0.2) is 0 Å². The number of rotatable bonds is 0. The standard InChI is InChI=1S/C12H13ClN2O.ClH/c13-8-1-2-10-9(7-8)12(11(16)15-10)3-5-14-6-4-12;/h1-2,7,14H,3-6H2,(H,15,16);1H. The van der Waals surface area contributed by atoms with Crippen molar-refractivity contribution >= 4 is 35.6 Å². The highest BCUT2D eigenvalue weighted by Crippen LogP contribution is 2.44. The van der Waals surface area contributed by atoms with Crippen LogP contribution in [0.1, 0.15) is 18.4 Å². The van der Waals surface area contributed by atoms with Gasteiger partial charge in [0.1, 0.15) is 0 Å². The van der Waals surface area contributed by atoms with E-state index < -0.39 is 0 Å². The Balaban J connectivity index is 0.00000108. The highest BCUT2D eigenvalue weighted by atomic mass is 35.5. The normalized spacial score (nSPS) is 20.6. The van der Waals surface area contributed by atoms with Gasteiger partial charge in [-0.1, -0.05) is 11.6 Å². The lowest BCUT2D eigenvalue weighted by atomic mass is 9.74. The van der Waals surface area contributed by atoms with Gasteiger partial charge >= 0.3 is 0 Å². The van der Waals surface area contributed by atoms with E-state index in [0.29, 0.717) is 5.02 Å². The quantitative estimate of drug-likeness (QED) is 0.761. The van der Waals surface area contributed by atoms with Crippen LogP contribution in [0.4, 0.5) is 5.69 Å². The van der Waals surface area contributed by atoms with E-state index in [4.69, 9.17) is 11.6 Å². The molecule has 1 aromatic rings. The minimum atomic E-state index is -0.342. The number of halogens is 2. The first-order chi connectivity index (χ1) is 7.72. The molecule has 0 atom stereocenters. The van der Waals surface area contributed by atoms with Crippen molar-refractivity contribution in [2.45, 2.75) is 18.3 Å². The van der Waals surface area contributed by atoms with Gasteiger partial charge in [-0.2, -0.15) is 0 Å². The molecule has 0 bridgehead atoms. The van der Waals surface area contributed by atoms with Crippen molar-refractivity contribution in [3.8, 4) is 0 Å². The molecule has 1 amide bonds. The number of carbonyl (C=O) groups excluding carboxylic acids is 1. The zero-order valence-corrected chi connectivity index (χ0v) is 10.8. The number of hydrogen-bond acceptors (Lipinski definition) is 2. The Morgan fingerprint density at radius 3 is 2.65 bits per heavy atom. The molecule has 5 heteroatoms. The van der Waals surface area contributed by atoms with E-state index >= 15 is 0 Å². The molecule has 1 saturated heterocycles. The monoisotopic (exact) mass is 272 g/mol. The Morgan fingerprint density at radius 2 is 1.94 bits per heavy atom. The summed E-state index contributed by atoms with van der Waals surface area (Å²) in [4.78, 5) is 12.1. The van der Waals surface area contributed by atoms with Crippen molar-refractivity contribution < 1.29 is 4.79 Å². The molecule has 1 aromatic carbocycles. The Labute approximate surface area is 111 Å². The zero-order valence-electron chi connectivity index (χ0n) is 9.25. The zero-order chi connectivity index (χ0) is 11.2. The van der Waals surface area contributed by atoms with E-state index in [1.165, 1.54) is 0 Å². The fourth-order valence-corrected chi connectivity index (χ4v) is 2.91. The summed E-state index contributed by atoms with van der Waals surface area (Å²) in [5.74, 6) is 0.131. The Hall–Kier alpha value is -0.770. The molecule has 0 radical (unpaired) electrons. The van der Waals surface area contributed by atoms with Crippen LogP contribution in [-0.2, 0) is 10.2 Å². The van der Waals surface area contributed by atoms with Crippen LogP contribution < -0.4 is 10.6 Å². The largest absolute Gasteiger partial charge is 0.325 e. The van der Waals surface area contributed by atoms with Crippen LogP contribution in [0.2, 0.25) is 5.02 Å². The average Bonchev–Trinajstić information content (AvgIpc) is 2.55. The van der Waals surface area contributed by atoms with Gasteiger partial charge in [-0.3, -0.25) is 4.79 Å². The first-order valence-electron chi connectivity index (χ1n) is 5.55. The fourth-order valence-electron chi connectivity index (χ4n) is 2.74. The topological polar surface area (TPSA) is 41.1 Å². The second-order valence-electron chi connectivity index (χ2n) is 4.48. The minimum absolute atomic E-state index is 0. The van der Waals surface area contributed by atoms with Gasteiger partial charge in [0, 0.05) is 10.7 Å². The molecule has 0 unspecified atom stereocenters. The van der Waals surface area contributed by atoms with Gasteiger partial charge in [-0.15, -0.1) is 12.4 Å². The van der Waals surface area contributed by atoms with E-state index in [1.807, 2.05) is 18.2 Å². The van der Waals surface area contributed by atoms with E-state index in [0.717, 1.165) is 37.2 Å². The van der Waals surface area contributed by atoms with Crippen LogP contribution >= 0.6 is 24.0 Å². The number of piperidine rings is 1. The van der Waals surface area contributed by atoms with Crippen molar-refractivity contribution in [2.75, 3.05) is 18.4 Å². The van der Waals surface area contributed by atoms with Crippen molar-refractivity contribution in [1.82, 2.24) is 5.32 Å². The number of benzene rings is 1. The number of fused-ring (bicyclic) bond motifs is 2. The molecule has 0 aliphatic carbocycles. The predicted octanol–water partition coefficient (Wildman–Crippen LogP) is 2.34.